The van der Waals surface area contributed by atoms with Crippen molar-refractivity contribution in [1.82, 2.24) is 9.55 Å². The number of halogens is 2. The van der Waals surface area contributed by atoms with Crippen LogP contribution in [0.2, 0.25) is 0 Å². The molecule has 3 rings (SSSR count). The third kappa shape index (κ3) is 3.04. The molecule has 25 heavy (non-hydrogen) atoms. The van der Waals surface area contributed by atoms with E-state index in [1.807, 2.05) is 0 Å². The quantitative estimate of drug-likeness (QED) is 0.842. The molecule has 7 nitrogen and oxygen atoms in total. The molecule has 2 N–H and O–H groups in total. The summed E-state index contributed by atoms with van der Waals surface area (Å²) in [7, 11) is 1.59. The Bertz CT molecular complexity index is 967. The van der Waals surface area contributed by atoms with Crippen molar-refractivity contribution in [2.75, 3.05) is 18.5 Å². The van der Waals surface area contributed by atoms with Gasteiger partial charge in [0, 0.05) is 13.6 Å². The molecule has 0 fully saturated rings. The van der Waals surface area contributed by atoms with Gasteiger partial charge in [0.1, 0.15) is 5.82 Å². The number of carboxylic acids is 1. The molecule has 1 aromatic carbocycles. The molecule has 1 unspecified atom stereocenters. The van der Waals surface area contributed by atoms with E-state index < -0.39 is 34.8 Å². The van der Waals surface area contributed by atoms with E-state index in [0.717, 1.165) is 16.7 Å². The number of anilines is 1. The third-order valence-electron chi connectivity index (χ3n) is 4.26. The molecule has 1 atom stereocenters. The predicted molar refractivity (Wildman–Crippen MR) is 84.9 cm³/mol. The summed E-state index contributed by atoms with van der Waals surface area (Å²) >= 11 is 0. The molecule has 0 spiro atoms. The van der Waals surface area contributed by atoms with Crippen LogP contribution in [-0.2, 0) is 17.8 Å². The van der Waals surface area contributed by atoms with E-state index in [-0.39, 0.29) is 36.5 Å². The third-order valence-corrected chi connectivity index (χ3v) is 4.26. The summed E-state index contributed by atoms with van der Waals surface area (Å²) < 4.78 is 27.2. The molecule has 0 radical (unpaired) electrons. The van der Waals surface area contributed by atoms with Crippen molar-refractivity contribution in [3.05, 3.63) is 61.8 Å². The Morgan fingerprint density at radius 2 is 2.04 bits per heavy atom. The van der Waals surface area contributed by atoms with Gasteiger partial charge >= 0.3 is 11.7 Å². The summed E-state index contributed by atoms with van der Waals surface area (Å²) in [6, 6.07) is 3.10. The van der Waals surface area contributed by atoms with Crippen LogP contribution in [0.15, 0.2) is 27.8 Å². The molecule has 2 aromatic rings. The number of nitrogens with one attached hydrogen (secondary N) is 1. The van der Waals surface area contributed by atoms with Crippen LogP contribution in [0.1, 0.15) is 11.1 Å². The monoisotopic (exact) mass is 351 g/mol. The predicted octanol–water partition coefficient (Wildman–Crippen LogP) is 0.556. The molecule has 2 heterocycles. The van der Waals surface area contributed by atoms with Crippen LogP contribution in [0.5, 0.6) is 0 Å². The number of fused-ring (bicyclic) bond motifs is 1. The smallest absolute Gasteiger partial charge is 0.330 e. The molecule has 0 saturated heterocycles. The minimum Gasteiger partial charge on any atom is -0.481 e. The number of carboxylic acid groups (broad SMARTS) is 1. The van der Waals surface area contributed by atoms with Crippen LogP contribution in [0.4, 0.5) is 14.6 Å². The Morgan fingerprint density at radius 1 is 1.32 bits per heavy atom. The first-order valence-corrected chi connectivity index (χ1v) is 7.51. The standard InChI is InChI=1S/C16H15F2N3O4/c1-20-7-9(15(23)24)5-10-13(20)19-16(25)21(14(10)22)6-8-2-3-11(17)12(18)4-8/h2-4,9H,5-7H2,1H3,(H,19,25)(H,23,24). The number of aromatic amines is 1. The lowest BCUT2D eigenvalue weighted by Gasteiger charge is -2.30. The van der Waals surface area contributed by atoms with E-state index in [2.05, 4.69) is 4.98 Å². The summed E-state index contributed by atoms with van der Waals surface area (Å²) in [5.41, 5.74) is -0.913. The molecule has 0 amide bonds. The van der Waals surface area contributed by atoms with Crippen molar-refractivity contribution in [1.29, 1.82) is 0 Å². The van der Waals surface area contributed by atoms with Crippen molar-refractivity contribution in [2.45, 2.75) is 13.0 Å². The van der Waals surface area contributed by atoms with Gasteiger partial charge in [-0.3, -0.25) is 19.1 Å². The van der Waals surface area contributed by atoms with E-state index in [0.29, 0.717) is 0 Å². The van der Waals surface area contributed by atoms with Gasteiger partial charge in [-0.2, -0.15) is 0 Å². The SMILES string of the molecule is CN1CC(C(=O)O)Cc2c1[nH]c(=O)n(Cc1ccc(F)c(F)c1)c2=O. The van der Waals surface area contributed by atoms with Gasteiger partial charge in [0.05, 0.1) is 18.0 Å². The number of aromatic nitrogens is 2. The summed E-state index contributed by atoms with van der Waals surface area (Å²) in [5.74, 6) is -3.62. The highest BCUT2D eigenvalue weighted by molar-refractivity contribution is 5.73. The van der Waals surface area contributed by atoms with E-state index >= 15 is 0 Å². The molecule has 1 aliphatic heterocycles. The second-order valence-electron chi connectivity index (χ2n) is 6.02. The number of rotatable bonds is 3. The minimum absolute atomic E-state index is 0.0115. The second-order valence-corrected chi connectivity index (χ2v) is 6.02. The average molecular weight is 351 g/mol. The van der Waals surface area contributed by atoms with Gasteiger partial charge < -0.3 is 10.0 Å². The highest BCUT2D eigenvalue weighted by Crippen LogP contribution is 2.23. The van der Waals surface area contributed by atoms with E-state index in [4.69, 9.17) is 0 Å². The lowest BCUT2D eigenvalue weighted by molar-refractivity contribution is -0.141. The average Bonchev–Trinajstić information content (AvgIpc) is 2.55. The summed E-state index contributed by atoms with van der Waals surface area (Å²) in [4.78, 5) is 40.2. The molecule has 0 saturated carbocycles. The maximum Gasteiger partial charge on any atom is 0.330 e. The Labute approximate surface area is 140 Å². The van der Waals surface area contributed by atoms with Crippen LogP contribution in [0.3, 0.4) is 0 Å². The van der Waals surface area contributed by atoms with E-state index in [1.54, 1.807) is 7.05 Å². The van der Waals surface area contributed by atoms with Gasteiger partial charge in [-0.1, -0.05) is 6.07 Å². The number of carbonyl (C=O) groups is 1. The van der Waals surface area contributed by atoms with Gasteiger partial charge in [0.15, 0.2) is 11.6 Å². The zero-order chi connectivity index (χ0) is 18.3. The molecule has 0 aliphatic carbocycles. The molecular formula is C16H15F2N3O4. The van der Waals surface area contributed by atoms with Gasteiger partial charge in [-0.05, 0) is 24.1 Å². The second kappa shape index (κ2) is 6.15. The normalized spacial score (nSPS) is 16.6. The molecule has 1 aromatic heterocycles. The minimum atomic E-state index is -1.08. The van der Waals surface area contributed by atoms with Gasteiger partial charge in [0.2, 0.25) is 0 Å². The van der Waals surface area contributed by atoms with Gasteiger partial charge in [0.25, 0.3) is 5.56 Å². The number of H-pyrrole nitrogens is 1. The molecule has 0 bridgehead atoms. The zero-order valence-electron chi connectivity index (χ0n) is 13.3. The first-order chi connectivity index (χ1) is 11.8. The van der Waals surface area contributed by atoms with Crippen LogP contribution in [-0.4, -0.2) is 34.2 Å². The molecular weight excluding hydrogens is 336 g/mol. The zero-order valence-corrected chi connectivity index (χ0v) is 13.3. The fraction of sp³-hybridized carbons (Fsp3) is 0.312. The maximum absolute atomic E-state index is 13.3. The molecule has 132 valence electrons. The van der Waals surface area contributed by atoms with Crippen molar-refractivity contribution in [3.63, 3.8) is 0 Å². The number of hydrogen-bond acceptors (Lipinski definition) is 4. The largest absolute Gasteiger partial charge is 0.481 e. The van der Waals surface area contributed by atoms with Crippen molar-refractivity contribution < 1.29 is 18.7 Å². The number of hydrogen-bond donors (Lipinski definition) is 2. The van der Waals surface area contributed by atoms with Crippen LogP contribution >= 0.6 is 0 Å². The summed E-state index contributed by atoms with van der Waals surface area (Å²) in [6.45, 7) is -0.0784. The summed E-state index contributed by atoms with van der Waals surface area (Å²) in [6.07, 6.45) is -0.0115. The first-order valence-electron chi connectivity index (χ1n) is 7.51. The number of benzene rings is 1. The fourth-order valence-corrected chi connectivity index (χ4v) is 2.97. The first kappa shape index (κ1) is 16.9. The van der Waals surface area contributed by atoms with E-state index in [1.165, 1.54) is 11.0 Å². The van der Waals surface area contributed by atoms with Crippen LogP contribution < -0.4 is 16.1 Å². The van der Waals surface area contributed by atoms with Crippen LogP contribution in [0, 0.1) is 17.6 Å². The van der Waals surface area contributed by atoms with E-state index in [9.17, 15) is 28.3 Å². The lowest BCUT2D eigenvalue weighted by atomic mass is 9.96. The van der Waals surface area contributed by atoms with Gasteiger partial charge in [-0.25, -0.2) is 13.6 Å². The fourth-order valence-electron chi connectivity index (χ4n) is 2.97. The van der Waals surface area contributed by atoms with Crippen molar-refractivity contribution >= 4 is 11.8 Å². The van der Waals surface area contributed by atoms with Crippen molar-refractivity contribution in [2.24, 2.45) is 5.92 Å². The Morgan fingerprint density at radius 3 is 2.68 bits per heavy atom. The highest BCUT2D eigenvalue weighted by atomic mass is 19.2. The Balaban J connectivity index is 2.06. The Kier molecular flexibility index (Phi) is 4.15. The summed E-state index contributed by atoms with van der Waals surface area (Å²) in [5, 5.41) is 9.20. The molecule has 9 heteroatoms. The topological polar surface area (TPSA) is 95.4 Å². The number of aliphatic carboxylic acids is 1. The van der Waals surface area contributed by atoms with Crippen LogP contribution in [0.25, 0.3) is 0 Å². The van der Waals surface area contributed by atoms with Gasteiger partial charge in [-0.15, -0.1) is 0 Å². The lowest BCUT2D eigenvalue weighted by Crippen LogP contribution is -2.46. The highest BCUT2D eigenvalue weighted by Gasteiger charge is 2.31. The maximum atomic E-state index is 13.3. The van der Waals surface area contributed by atoms with Crippen molar-refractivity contribution in [3.8, 4) is 0 Å². The molecule has 1 aliphatic rings. The Hall–Kier alpha value is -2.97. The number of nitrogens with zero attached hydrogens (tertiary/aromatic N) is 2.